The number of amides is 4. The van der Waals surface area contributed by atoms with Crippen molar-refractivity contribution in [3.63, 3.8) is 0 Å². The molecule has 2 heterocycles. The number of carbonyl (C=O) groups excluding carboxylic acids is 5. The number of carboxylic acid groups (broad SMARTS) is 1. The topological polar surface area (TPSA) is 183 Å². The Morgan fingerprint density at radius 1 is 0.500 bits per heavy atom. The summed E-state index contributed by atoms with van der Waals surface area (Å²) in [7, 11) is 0. The van der Waals surface area contributed by atoms with Crippen LogP contribution in [0.25, 0.3) is 0 Å². The number of rotatable bonds is 13. The summed E-state index contributed by atoms with van der Waals surface area (Å²) in [4.78, 5) is 73.3. The van der Waals surface area contributed by atoms with Crippen LogP contribution >= 0.6 is 46.4 Å². The molecule has 66 heavy (non-hydrogen) atoms. The van der Waals surface area contributed by atoms with Gasteiger partial charge in [-0.05, 0) is 71.8 Å². The molecular weight excluding hydrogens is 930 g/mol. The number of aliphatic carboxylic acids is 1. The van der Waals surface area contributed by atoms with E-state index in [1.165, 1.54) is 0 Å². The monoisotopic (exact) mass is 970 g/mol. The van der Waals surface area contributed by atoms with Crippen molar-refractivity contribution in [2.75, 3.05) is 36.9 Å². The van der Waals surface area contributed by atoms with Crippen molar-refractivity contribution in [3.05, 3.63) is 187 Å². The zero-order valence-corrected chi connectivity index (χ0v) is 37.1. The largest absolute Gasteiger partial charge is 0.481 e. The lowest BCUT2D eigenvalue weighted by Crippen LogP contribution is -2.33. The fourth-order valence-electron chi connectivity index (χ4n) is 6.70. The molecular formula is C49H42Cl4N4O9. The number of carbonyl (C=O) groups is 6. The second kappa shape index (κ2) is 23.4. The van der Waals surface area contributed by atoms with E-state index in [9.17, 15) is 28.8 Å². The van der Waals surface area contributed by atoms with Crippen molar-refractivity contribution in [2.45, 2.75) is 20.3 Å². The molecule has 0 saturated heterocycles. The number of hydrogen-bond acceptors (Lipinski definition) is 10. The van der Waals surface area contributed by atoms with E-state index in [4.69, 9.17) is 61.4 Å². The number of nitrogens with zero attached hydrogens (tertiary/aromatic N) is 2. The van der Waals surface area contributed by atoms with Gasteiger partial charge in [-0.25, -0.2) is 0 Å². The summed E-state index contributed by atoms with van der Waals surface area (Å²) < 4.78 is 5.29. The van der Waals surface area contributed by atoms with Crippen LogP contribution in [0.4, 0.5) is 22.7 Å². The molecule has 8 rings (SSSR count). The van der Waals surface area contributed by atoms with E-state index in [-0.39, 0.29) is 70.2 Å². The van der Waals surface area contributed by atoms with Crippen molar-refractivity contribution in [1.29, 1.82) is 0 Å². The Morgan fingerprint density at radius 3 is 1.23 bits per heavy atom. The summed E-state index contributed by atoms with van der Waals surface area (Å²) in [6.07, 6.45) is -0.0708. The smallest absolute Gasteiger partial charge is 0.310 e. The molecule has 6 aromatic carbocycles. The first-order chi connectivity index (χ1) is 31.3. The van der Waals surface area contributed by atoms with Crippen LogP contribution in [-0.2, 0) is 27.2 Å². The van der Waals surface area contributed by atoms with Gasteiger partial charge in [0.25, 0.3) is 23.6 Å². The molecule has 6 aromatic rings. The van der Waals surface area contributed by atoms with E-state index in [1.54, 1.807) is 121 Å². The van der Waals surface area contributed by atoms with Gasteiger partial charge in [0.2, 0.25) is 0 Å². The summed E-state index contributed by atoms with van der Waals surface area (Å²) in [6.45, 7) is -0.235. The molecule has 13 nitrogen and oxygen atoms in total. The molecule has 0 aliphatic carbocycles. The molecule has 0 aromatic heterocycles. The van der Waals surface area contributed by atoms with Crippen LogP contribution in [-0.4, -0.2) is 81.9 Å². The third kappa shape index (κ3) is 12.1. The summed E-state index contributed by atoms with van der Waals surface area (Å²) in [5, 5.41) is 25.7. The third-order valence-electron chi connectivity index (χ3n) is 9.81. The molecule has 4 N–H and O–H groups in total. The number of esters is 1. The number of aliphatic hydroxyl groups excluding tert-OH is 1. The highest BCUT2D eigenvalue weighted by Crippen LogP contribution is 2.35. The molecule has 0 fully saturated rings. The zero-order chi connectivity index (χ0) is 46.6. The van der Waals surface area contributed by atoms with E-state index in [0.717, 1.165) is 9.80 Å². The Hall–Kier alpha value is -6.74. The maximum absolute atomic E-state index is 12.4. The number of halogens is 4. The van der Waals surface area contributed by atoms with Crippen LogP contribution in [0.3, 0.4) is 0 Å². The Morgan fingerprint density at radius 2 is 0.848 bits per heavy atom. The molecule has 340 valence electrons. The van der Waals surface area contributed by atoms with Crippen LogP contribution in [0, 0.1) is 0 Å². The number of anilines is 4. The Labute approximate surface area is 400 Å². The van der Waals surface area contributed by atoms with Crippen molar-refractivity contribution in [3.8, 4) is 0 Å². The number of aliphatic hydroxyl groups is 1. The highest BCUT2D eigenvalue weighted by molar-refractivity contribution is 6.40. The number of hydrogen-bond donors (Lipinski definition) is 4. The van der Waals surface area contributed by atoms with Gasteiger partial charge in [0, 0.05) is 11.4 Å². The quantitative estimate of drug-likeness (QED) is 0.0638. The Bertz CT molecular complexity index is 2680. The SMILES string of the molecule is C.O=C(Cc1ccccc1Nc1c(Cl)cccc1Cl)OCCN1C(=O)c2ccccc2C1=O.O=C(O)Cc1ccccc1Nc1c(Cl)cccc1Cl.O=C1c2ccccc2C(=O)N1CCO. The van der Waals surface area contributed by atoms with Gasteiger partial charge in [0.05, 0.1) is 86.3 Å². The minimum Gasteiger partial charge on any atom is -0.481 e. The van der Waals surface area contributed by atoms with Gasteiger partial charge < -0.3 is 25.6 Å². The van der Waals surface area contributed by atoms with Crippen molar-refractivity contribution in [2.24, 2.45) is 0 Å². The van der Waals surface area contributed by atoms with Crippen LogP contribution < -0.4 is 10.6 Å². The predicted molar refractivity (Wildman–Crippen MR) is 256 cm³/mol. The third-order valence-corrected chi connectivity index (χ3v) is 11.1. The predicted octanol–water partition coefficient (Wildman–Crippen LogP) is 10.4. The second-order valence-electron chi connectivity index (χ2n) is 14.1. The second-order valence-corrected chi connectivity index (χ2v) is 15.7. The number of carboxylic acids is 1. The molecule has 0 unspecified atom stereocenters. The van der Waals surface area contributed by atoms with Crippen LogP contribution in [0.15, 0.2) is 133 Å². The molecule has 0 spiro atoms. The number of β-amino-alcohol motifs (C(OH)–C–C–N with tert-alkyl or cyclic N) is 1. The van der Waals surface area contributed by atoms with E-state index in [1.807, 2.05) is 12.1 Å². The normalized spacial score (nSPS) is 12.2. The first-order valence-corrected chi connectivity index (χ1v) is 21.3. The minimum atomic E-state index is -0.889. The van der Waals surface area contributed by atoms with Gasteiger partial charge in [0.1, 0.15) is 6.61 Å². The van der Waals surface area contributed by atoms with Crippen molar-refractivity contribution < 1.29 is 43.7 Å². The van der Waals surface area contributed by atoms with E-state index >= 15 is 0 Å². The average Bonchev–Trinajstić information content (AvgIpc) is 3.68. The van der Waals surface area contributed by atoms with E-state index < -0.39 is 11.9 Å². The van der Waals surface area contributed by atoms with Gasteiger partial charge in [-0.3, -0.25) is 38.6 Å². The highest BCUT2D eigenvalue weighted by atomic mass is 35.5. The number of fused-ring (bicyclic) bond motifs is 2. The van der Waals surface area contributed by atoms with Gasteiger partial charge in [-0.15, -0.1) is 0 Å². The number of benzene rings is 6. The molecule has 17 heteroatoms. The standard InChI is InChI=1S/C24H18Cl2N2O4.C14H11Cl2NO2.C10H9NO3.CH4/c25-18-9-5-10-19(26)22(18)27-20-11-4-1-6-15(20)14-21(29)32-13-12-28-23(30)16-7-2-3-8-17(16)24(28)31;15-10-5-3-6-11(16)14(10)17-12-7-2-1-4-9(12)8-13(18)19;12-6-5-11-9(13)7-3-1-2-4-8(7)10(11)14;/h1-11,27H,12-14H2;1-7,17H,8H2,(H,18,19);1-4,12H,5-6H2;1H4. The molecule has 2 aliphatic rings. The van der Waals surface area contributed by atoms with Gasteiger partial charge in [-0.1, -0.05) is 127 Å². The van der Waals surface area contributed by atoms with Gasteiger partial charge in [0.15, 0.2) is 0 Å². The first-order valence-electron chi connectivity index (χ1n) is 19.8. The average molecular weight is 973 g/mol. The zero-order valence-electron chi connectivity index (χ0n) is 34.1. The summed E-state index contributed by atoms with van der Waals surface area (Å²) in [5.41, 5.74) is 5.40. The minimum absolute atomic E-state index is 0. The number of nitrogens with one attached hydrogen (secondary N) is 2. The highest BCUT2D eigenvalue weighted by Gasteiger charge is 2.35. The summed E-state index contributed by atoms with van der Waals surface area (Å²) in [6, 6.07) is 38.0. The molecule has 0 radical (unpaired) electrons. The number of ether oxygens (including phenoxy) is 1. The van der Waals surface area contributed by atoms with E-state index in [0.29, 0.717) is 76.2 Å². The Kier molecular flexibility index (Phi) is 17.9. The van der Waals surface area contributed by atoms with Crippen molar-refractivity contribution >= 4 is 105 Å². The summed E-state index contributed by atoms with van der Waals surface area (Å²) >= 11 is 24.6. The molecule has 2 aliphatic heterocycles. The fraction of sp³-hybridized carbons (Fsp3) is 0.143. The van der Waals surface area contributed by atoms with Crippen LogP contribution in [0.1, 0.15) is 60.0 Å². The molecule has 0 atom stereocenters. The maximum Gasteiger partial charge on any atom is 0.310 e. The maximum atomic E-state index is 12.4. The summed E-state index contributed by atoms with van der Waals surface area (Å²) in [5.74, 6) is -2.78. The van der Waals surface area contributed by atoms with Crippen molar-refractivity contribution in [1.82, 2.24) is 9.80 Å². The lowest BCUT2D eigenvalue weighted by molar-refractivity contribution is -0.143. The number of para-hydroxylation sites is 4. The molecule has 4 amide bonds. The van der Waals surface area contributed by atoms with Gasteiger partial charge in [-0.2, -0.15) is 0 Å². The van der Waals surface area contributed by atoms with Crippen LogP contribution in [0.5, 0.6) is 0 Å². The molecule has 0 saturated carbocycles. The lowest BCUT2D eigenvalue weighted by atomic mass is 10.1. The fourth-order valence-corrected chi connectivity index (χ4v) is 7.69. The number of imide groups is 2. The lowest BCUT2D eigenvalue weighted by Gasteiger charge is -2.15. The van der Waals surface area contributed by atoms with Crippen LogP contribution in [0.2, 0.25) is 20.1 Å². The Balaban J connectivity index is 0.000000203. The molecule has 0 bridgehead atoms. The van der Waals surface area contributed by atoms with E-state index in [2.05, 4.69) is 10.6 Å². The first kappa shape index (κ1) is 50.3. The van der Waals surface area contributed by atoms with Gasteiger partial charge >= 0.3 is 11.9 Å².